The van der Waals surface area contributed by atoms with Crippen LogP contribution in [0.25, 0.3) is 0 Å². The summed E-state index contributed by atoms with van der Waals surface area (Å²) in [7, 11) is 0. The first-order chi connectivity index (χ1) is 11.2. The molecule has 1 heterocycles. The number of alkyl carbamates (subject to hydrolysis) is 1. The number of esters is 1. The molecular formula is C16H23NO6S. The fourth-order valence-electron chi connectivity index (χ4n) is 1.81. The molecule has 0 aliphatic carbocycles. The minimum absolute atomic E-state index is 0.0731. The molecule has 0 aromatic carbocycles. The van der Waals surface area contributed by atoms with Crippen molar-refractivity contribution in [3.63, 3.8) is 0 Å². The number of hydrogen-bond acceptors (Lipinski definition) is 6. The molecule has 0 bridgehead atoms. The van der Waals surface area contributed by atoms with Crippen molar-refractivity contribution in [1.29, 1.82) is 0 Å². The highest BCUT2D eigenvalue weighted by Crippen LogP contribution is 2.19. The highest BCUT2D eigenvalue weighted by atomic mass is 32.1. The summed E-state index contributed by atoms with van der Waals surface area (Å²) >= 11 is 1.48. The van der Waals surface area contributed by atoms with Crippen LogP contribution in [0.15, 0.2) is 11.4 Å². The molecule has 1 aromatic rings. The van der Waals surface area contributed by atoms with Gasteiger partial charge in [0.25, 0.3) is 0 Å². The number of aryl methyl sites for hydroxylation is 1. The van der Waals surface area contributed by atoms with Crippen molar-refractivity contribution < 1.29 is 29.0 Å². The molecule has 0 unspecified atom stereocenters. The summed E-state index contributed by atoms with van der Waals surface area (Å²) < 4.78 is 9.78. The van der Waals surface area contributed by atoms with Gasteiger partial charge in [-0.05, 0) is 30.4 Å². The Hall–Kier alpha value is -2.09. The van der Waals surface area contributed by atoms with Gasteiger partial charge in [-0.1, -0.05) is 13.8 Å². The standard InChI is InChI=1S/C16H23NO6S/c1-9(2)15(20)22-11(4)23-16(21)17-8-12(14(18)19)7-13-10(3)5-6-24-13/h5-6,9,11-12H,7-8H2,1-4H3,(H,17,21)(H,18,19)/t11-,12-/m0/s1. The van der Waals surface area contributed by atoms with Crippen molar-refractivity contribution in [2.75, 3.05) is 6.54 Å². The van der Waals surface area contributed by atoms with E-state index in [2.05, 4.69) is 5.32 Å². The number of aliphatic carboxylic acids is 1. The molecule has 0 radical (unpaired) electrons. The molecule has 0 saturated heterocycles. The predicted molar refractivity (Wildman–Crippen MR) is 88.8 cm³/mol. The zero-order valence-corrected chi connectivity index (χ0v) is 15.0. The quantitative estimate of drug-likeness (QED) is 0.548. The second-order valence-corrected chi connectivity index (χ2v) is 6.71. The fraction of sp³-hybridized carbons (Fsp3) is 0.562. The van der Waals surface area contributed by atoms with Crippen LogP contribution in [0.5, 0.6) is 0 Å². The van der Waals surface area contributed by atoms with E-state index in [9.17, 15) is 19.5 Å². The molecule has 0 saturated carbocycles. The molecule has 1 amide bonds. The first-order valence-corrected chi connectivity index (χ1v) is 8.49. The molecule has 0 fully saturated rings. The molecule has 1 rings (SSSR count). The molecule has 0 aliphatic heterocycles. The average Bonchev–Trinajstić information content (AvgIpc) is 2.87. The Bertz CT molecular complexity index is 583. The number of nitrogens with one attached hydrogen (secondary N) is 1. The van der Waals surface area contributed by atoms with Gasteiger partial charge in [0.05, 0.1) is 11.8 Å². The van der Waals surface area contributed by atoms with E-state index in [1.54, 1.807) is 13.8 Å². The van der Waals surface area contributed by atoms with Gasteiger partial charge < -0.3 is 19.9 Å². The lowest BCUT2D eigenvalue weighted by Crippen LogP contribution is -2.36. The van der Waals surface area contributed by atoms with E-state index in [1.807, 2.05) is 18.4 Å². The van der Waals surface area contributed by atoms with E-state index in [4.69, 9.17) is 9.47 Å². The van der Waals surface area contributed by atoms with Crippen molar-refractivity contribution in [3.8, 4) is 0 Å². The van der Waals surface area contributed by atoms with Gasteiger partial charge >= 0.3 is 18.0 Å². The number of hydrogen-bond donors (Lipinski definition) is 2. The average molecular weight is 357 g/mol. The minimum Gasteiger partial charge on any atom is -0.481 e. The number of thiophene rings is 1. The van der Waals surface area contributed by atoms with Crippen LogP contribution in [-0.4, -0.2) is 36.0 Å². The molecule has 2 atom stereocenters. The number of carbonyl (C=O) groups is 3. The van der Waals surface area contributed by atoms with Crippen LogP contribution in [0, 0.1) is 18.8 Å². The Morgan fingerprint density at radius 1 is 1.25 bits per heavy atom. The van der Waals surface area contributed by atoms with Gasteiger partial charge in [0.15, 0.2) is 0 Å². The number of ether oxygens (including phenoxy) is 2. The van der Waals surface area contributed by atoms with Gasteiger partial charge in [-0.25, -0.2) is 4.79 Å². The van der Waals surface area contributed by atoms with Crippen LogP contribution in [-0.2, 0) is 25.5 Å². The largest absolute Gasteiger partial charge is 0.481 e. The van der Waals surface area contributed by atoms with E-state index in [1.165, 1.54) is 18.3 Å². The number of rotatable bonds is 8. The van der Waals surface area contributed by atoms with E-state index in [0.717, 1.165) is 10.4 Å². The zero-order valence-electron chi connectivity index (χ0n) is 14.2. The summed E-state index contributed by atoms with van der Waals surface area (Å²) in [6.45, 7) is 6.59. The summed E-state index contributed by atoms with van der Waals surface area (Å²) in [4.78, 5) is 35.4. The zero-order chi connectivity index (χ0) is 18.3. The van der Waals surface area contributed by atoms with Crippen LogP contribution < -0.4 is 5.32 Å². The lowest BCUT2D eigenvalue weighted by molar-refractivity contribution is -0.168. The molecule has 0 aliphatic rings. The topological polar surface area (TPSA) is 102 Å². The monoisotopic (exact) mass is 357 g/mol. The SMILES string of the molecule is Cc1ccsc1C[C@@H](CNC(=O)O[C@@H](C)OC(=O)C(C)C)C(=O)O. The van der Waals surface area contributed by atoms with Gasteiger partial charge in [-0.3, -0.25) is 9.59 Å². The second-order valence-electron chi connectivity index (χ2n) is 5.71. The number of amides is 1. The Balaban J connectivity index is 2.46. The maximum Gasteiger partial charge on any atom is 0.410 e. The minimum atomic E-state index is -1.04. The van der Waals surface area contributed by atoms with E-state index in [0.29, 0.717) is 6.42 Å². The van der Waals surface area contributed by atoms with Crippen LogP contribution >= 0.6 is 11.3 Å². The maximum atomic E-state index is 11.7. The third-order valence-electron chi connectivity index (χ3n) is 3.27. The van der Waals surface area contributed by atoms with Gasteiger partial charge in [0.2, 0.25) is 6.29 Å². The summed E-state index contributed by atoms with van der Waals surface area (Å²) in [5, 5.41) is 13.6. The number of carbonyl (C=O) groups excluding carboxylic acids is 2. The smallest absolute Gasteiger partial charge is 0.410 e. The van der Waals surface area contributed by atoms with Crippen LogP contribution in [0.2, 0.25) is 0 Å². The first-order valence-electron chi connectivity index (χ1n) is 7.61. The first kappa shape index (κ1) is 20.0. The Labute approximate surface area is 145 Å². The maximum absolute atomic E-state index is 11.7. The Morgan fingerprint density at radius 2 is 1.92 bits per heavy atom. The molecular weight excluding hydrogens is 334 g/mol. The number of carboxylic acid groups (broad SMARTS) is 1. The normalized spacial score (nSPS) is 13.2. The third kappa shape index (κ3) is 6.57. The van der Waals surface area contributed by atoms with Crippen molar-refractivity contribution in [2.24, 2.45) is 11.8 Å². The van der Waals surface area contributed by atoms with Gasteiger partial charge in [0.1, 0.15) is 0 Å². The van der Waals surface area contributed by atoms with Crippen LogP contribution in [0.4, 0.5) is 4.79 Å². The van der Waals surface area contributed by atoms with Crippen molar-refractivity contribution in [1.82, 2.24) is 5.32 Å². The lowest BCUT2D eigenvalue weighted by atomic mass is 10.0. The number of carboxylic acids is 1. The van der Waals surface area contributed by atoms with Crippen LogP contribution in [0.3, 0.4) is 0 Å². The molecule has 134 valence electrons. The lowest BCUT2D eigenvalue weighted by Gasteiger charge is -2.17. The second kappa shape index (κ2) is 9.27. The van der Waals surface area contributed by atoms with Crippen molar-refractivity contribution >= 4 is 29.4 Å². The van der Waals surface area contributed by atoms with E-state index in [-0.39, 0.29) is 12.5 Å². The molecule has 8 heteroatoms. The Kier molecular flexibility index (Phi) is 7.70. The van der Waals surface area contributed by atoms with Gasteiger partial charge in [0, 0.05) is 18.3 Å². The highest BCUT2D eigenvalue weighted by molar-refractivity contribution is 7.10. The fourth-order valence-corrected chi connectivity index (χ4v) is 2.79. The van der Waals surface area contributed by atoms with Gasteiger partial charge in [-0.2, -0.15) is 0 Å². The van der Waals surface area contributed by atoms with Gasteiger partial charge in [-0.15, -0.1) is 11.3 Å². The van der Waals surface area contributed by atoms with Crippen molar-refractivity contribution in [3.05, 3.63) is 21.9 Å². The van der Waals surface area contributed by atoms with E-state index < -0.39 is 30.2 Å². The molecule has 2 N–H and O–H groups in total. The molecule has 7 nitrogen and oxygen atoms in total. The van der Waals surface area contributed by atoms with Crippen molar-refractivity contribution in [2.45, 2.75) is 40.4 Å². The van der Waals surface area contributed by atoms with Crippen LogP contribution in [0.1, 0.15) is 31.2 Å². The summed E-state index contributed by atoms with van der Waals surface area (Å²) in [6, 6.07) is 1.92. The molecule has 24 heavy (non-hydrogen) atoms. The van der Waals surface area contributed by atoms with E-state index >= 15 is 0 Å². The molecule has 1 aromatic heterocycles. The summed E-state index contributed by atoms with van der Waals surface area (Å²) in [6.07, 6.45) is -1.53. The summed E-state index contributed by atoms with van der Waals surface area (Å²) in [5.41, 5.74) is 1.03. The summed E-state index contributed by atoms with van der Waals surface area (Å²) in [5.74, 6) is -2.57. The predicted octanol–water partition coefficient (Wildman–Crippen LogP) is 2.57. The Morgan fingerprint density at radius 3 is 2.42 bits per heavy atom. The highest BCUT2D eigenvalue weighted by Gasteiger charge is 2.22. The third-order valence-corrected chi connectivity index (χ3v) is 4.31. The molecule has 0 spiro atoms.